The fourth-order valence-electron chi connectivity index (χ4n) is 3.03. The average Bonchev–Trinajstić information content (AvgIpc) is 3.27. The maximum absolute atomic E-state index is 13.3. The first-order valence-corrected chi connectivity index (χ1v) is 7.68. The van der Waals surface area contributed by atoms with E-state index >= 15 is 0 Å². The highest BCUT2D eigenvalue weighted by Crippen LogP contribution is 2.41. The first-order valence-electron chi connectivity index (χ1n) is 7.68. The van der Waals surface area contributed by atoms with Crippen LogP contribution in [0.1, 0.15) is 50.1 Å². The fourth-order valence-corrected chi connectivity index (χ4v) is 3.03. The zero-order valence-corrected chi connectivity index (χ0v) is 12.0. The van der Waals surface area contributed by atoms with Crippen molar-refractivity contribution in [3.05, 3.63) is 29.8 Å². The third-order valence-electron chi connectivity index (χ3n) is 4.48. The SMILES string of the molecule is NNC(c1ccc(OC2CC2)cc1)C1CCC(F)(F)CC1. The van der Waals surface area contributed by atoms with E-state index in [1.165, 1.54) is 0 Å². The van der Waals surface area contributed by atoms with Gasteiger partial charge in [0.1, 0.15) is 5.75 Å². The predicted octanol–water partition coefficient (Wildman–Crippen LogP) is 3.56. The topological polar surface area (TPSA) is 47.3 Å². The van der Waals surface area contributed by atoms with Gasteiger partial charge in [-0.3, -0.25) is 11.3 Å². The smallest absolute Gasteiger partial charge is 0.248 e. The number of nitrogens with one attached hydrogen (secondary N) is 1. The van der Waals surface area contributed by atoms with Crippen LogP contribution in [0.4, 0.5) is 8.78 Å². The van der Waals surface area contributed by atoms with Crippen molar-refractivity contribution >= 4 is 0 Å². The number of ether oxygens (including phenoxy) is 1. The number of alkyl halides is 2. The monoisotopic (exact) mass is 296 g/mol. The number of benzene rings is 1. The van der Waals surface area contributed by atoms with Gasteiger partial charge in [0, 0.05) is 18.9 Å². The summed E-state index contributed by atoms with van der Waals surface area (Å²) in [5.41, 5.74) is 3.84. The van der Waals surface area contributed by atoms with E-state index in [-0.39, 0.29) is 24.8 Å². The van der Waals surface area contributed by atoms with E-state index in [0.29, 0.717) is 18.9 Å². The highest BCUT2D eigenvalue weighted by atomic mass is 19.3. The summed E-state index contributed by atoms with van der Waals surface area (Å²) < 4.78 is 32.2. The Morgan fingerprint density at radius 3 is 2.24 bits per heavy atom. The lowest BCUT2D eigenvalue weighted by atomic mass is 9.80. The minimum absolute atomic E-state index is 0.0429. The van der Waals surface area contributed by atoms with E-state index in [9.17, 15) is 8.78 Å². The summed E-state index contributed by atoms with van der Waals surface area (Å²) in [6, 6.07) is 7.77. The predicted molar refractivity (Wildman–Crippen MR) is 77.1 cm³/mol. The molecule has 0 aromatic heterocycles. The number of nitrogens with two attached hydrogens (primary N) is 1. The summed E-state index contributed by atoms with van der Waals surface area (Å²) in [5.74, 6) is 4.19. The summed E-state index contributed by atoms with van der Waals surface area (Å²) in [6.45, 7) is 0. The van der Waals surface area contributed by atoms with Gasteiger partial charge in [-0.2, -0.15) is 0 Å². The van der Waals surface area contributed by atoms with Crippen LogP contribution in [0.2, 0.25) is 0 Å². The van der Waals surface area contributed by atoms with E-state index in [4.69, 9.17) is 10.6 Å². The Hall–Kier alpha value is -1.20. The molecule has 0 bridgehead atoms. The summed E-state index contributed by atoms with van der Waals surface area (Å²) in [6.07, 6.45) is 3.55. The largest absolute Gasteiger partial charge is 0.490 e. The molecule has 0 aliphatic heterocycles. The van der Waals surface area contributed by atoms with Crippen molar-refractivity contribution in [3.8, 4) is 5.75 Å². The fraction of sp³-hybridized carbons (Fsp3) is 0.625. The van der Waals surface area contributed by atoms with Crippen LogP contribution in [0.5, 0.6) is 5.75 Å². The molecule has 1 aromatic rings. The second kappa shape index (κ2) is 5.89. The molecule has 0 heterocycles. The second-order valence-corrected chi connectivity index (χ2v) is 6.22. The lowest BCUT2D eigenvalue weighted by Crippen LogP contribution is -2.37. The third-order valence-corrected chi connectivity index (χ3v) is 4.48. The number of hydrogen-bond acceptors (Lipinski definition) is 3. The van der Waals surface area contributed by atoms with Crippen molar-refractivity contribution in [1.29, 1.82) is 0 Å². The molecule has 3 rings (SSSR count). The van der Waals surface area contributed by atoms with Crippen molar-refractivity contribution in [2.24, 2.45) is 11.8 Å². The Morgan fingerprint density at radius 2 is 1.71 bits per heavy atom. The molecule has 2 aliphatic carbocycles. The maximum Gasteiger partial charge on any atom is 0.248 e. The molecule has 116 valence electrons. The molecule has 21 heavy (non-hydrogen) atoms. The minimum atomic E-state index is -2.50. The Morgan fingerprint density at radius 1 is 1.10 bits per heavy atom. The third kappa shape index (κ3) is 3.71. The van der Waals surface area contributed by atoms with Crippen LogP contribution in [0.15, 0.2) is 24.3 Å². The Balaban J connectivity index is 1.64. The van der Waals surface area contributed by atoms with Gasteiger partial charge in [-0.1, -0.05) is 12.1 Å². The summed E-state index contributed by atoms with van der Waals surface area (Å²) in [7, 11) is 0. The molecular weight excluding hydrogens is 274 g/mol. The van der Waals surface area contributed by atoms with Crippen LogP contribution in [0.3, 0.4) is 0 Å². The molecule has 3 nitrogen and oxygen atoms in total. The van der Waals surface area contributed by atoms with E-state index in [1.54, 1.807) is 0 Å². The maximum atomic E-state index is 13.3. The zero-order valence-electron chi connectivity index (χ0n) is 12.0. The molecule has 1 atom stereocenters. The van der Waals surface area contributed by atoms with Crippen LogP contribution < -0.4 is 16.0 Å². The summed E-state index contributed by atoms with van der Waals surface area (Å²) in [4.78, 5) is 0. The van der Waals surface area contributed by atoms with Crippen LogP contribution in [-0.2, 0) is 0 Å². The Kier molecular flexibility index (Phi) is 4.13. The van der Waals surface area contributed by atoms with Crippen molar-refractivity contribution in [2.75, 3.05) is 0 Å². The van der Waals surface area contributed by atoms with Gasteiger partial charge in [0.2, 0.25) is 5.92 Å². The molecule has 2 saturated carbocycles. The standard InChI is InChI=1S/C16H22F2N2O/c17-16(18)9-7-12(8-10-16)15(20-19)11-1-3-13(4-2-11)21-14-5-6-14/h1-4,12,14-15,20H,5-10,19H2. The zero-order chi connectivity index (χ0) is 14.9. The number of rotatable bonds is 5. The molecule has 5 heteroatoms. The number of hydrazine groups is 1. The number of hydrogen-bond donors (Lipinski definition) is 2. The van der Waals surface area contributed by atoms with Gasteiger partial charge in [-0.05, 0) is 49.3 Å². The molecule has 3 N–H and O–H groups in total. The van der Waals surface area contributed by atoms with Crippen LogP contribution in [-0.4, -0.2) is 12.0 Å². The highest BCUT2D eigenvalue weighted by Gasteiger charge is 2.37. The summed E-state index contributed by atoms with van der Waals surface area (Å²) in [5, 5.41) is 0. The number of halogens is 2. The minimum Gasteiger partial charge on any atom is -0.490 e. The molecular formula is C16H22F2N2O. The van der Waals surface area contributed by atoms with Crippen molar-refractivity contribution < 1.29 is 13.5 Å². The van der Waals surface area contributed by atoms with Crippen molar-refractivity contribution in [1.82, 2.24) is 5.43 Å². The van der Waals surface area contributed by atoms with Gasteiger partial charge in [-0.15, -0.1) is 0 Å². The van der Waals surface area contributed by atoms with Crippen LogP contribution in [0, 0.1) is 5.92 Å². The normalized spacial score (nSPS) is 23.8. The van der Waals surface area contributed by atoms with Gasteiger partial charge in [-0.25, -0.2) is 8.78 Å². The van der Waals surface area contributed by atoms with Crippen LogP contribution in [0.25, 0.3) is 0 Å². The molecule has 0 saturated heterocycles. The van der Waals surface area contributed by atoms with E-state index in [0.717, 1.165) is 24.2 Å². The van der Waals surface area contributed by atoms with Crippen molar-refractivity contribution in [3.63, 3.8) is 0 Å². The van der Waals surface area contributed by atoms with Gasteiger partial charge >= 0.3 is 0 Å². The van der Waals surface area contributed by atoms with Crippen molar-refractivity contribution in [2.45, 2.75) is 56.6 Å². The molecule has 0 radical (unpaired) electrons. The molecule has 0 amide bonds. The second-order valence-electron chi connectivity index (χ2n) is 6.22. The molecule has 2 fully saturated rings. The van der Waals surface area contributed by atoms with E-state index in [2.05, 4.69) is 5.43 Å². The lowest BCUT2D eigenvalue weighted by molar-refractivity contribution is -0.0497. The molecule has 1 aromatic carbocycles. The highest BCUT2D eigenvalue weighted by molar-refractivity contribution is 5.30. The molecule has 0 spiro atoms. The first kappa shape index (κ1) is 14.7. The van der Waals surface area contributed by atoms with E-state index < -0.39 is 5.92 Å². The van der Waals surface area contributed by atoms with Gasteiger partial charge in [0.25, 0.3) is 0 Å². The van der Waals surface area contributed by atoms with Gasteiger partial charge in [0.15, 0.2) is 0 Å². The first-order chi connectivity index (χ1) is 10.1. The lowest BCUT2D eigenvalue weighted by Gasteiger charge is -2.33. The Labute approximate surface area is 123 Å². The Bertz CT molecular complexity index is 464. The van der Waals surface area contributed by atoms with Gasteiger partial charge < -0.3 is 4.74 Å². The molecule has 1 unspecified atom stereocenters. The summed E-state index contributed by atoms with van der Waals surface area (Å²) >= 11 is 0. The van der Waals surface area contributed by atoms with E-state index in [1.807, 2.05) is 24.3 Å². The average molecular weight is 296 g/mol. The van der Waals surface area contributed by atoms with Gasteiger partial charge in [0.05, 0.1) is 6.10 Å². The molecule has 2 aliphatic rings. The quantitative estimate of drug-likeness (QED) is 0.645. The van der Waals surface area contributed by atoms with Crippen LogP contribution >= 0.6 is 0 Å².